The van der Waals surface area contributed by atoms with E-state index >= 15 is 0 Å². The first-order chi connectivity index (χ1) is 8.67. The van der Waals surface area contributed by atoms with Gasteiger partial charge in [-0.05, 0) is 42.5 Å². The second-order valence-corrected chi connectivity index (χ2v) is 5.76. The average Bonchev–Trinajstić information content (AvgIpc) is 2.22. The Kier molecular flexibility index (Phi) is 5.67. The molecule has 0 radical (unpaired) electrons. The third-order valence-corrected chi connectivity index (χ3v) is 3.07. The molecule has 0 amide bonds. The van der Waals surface area contributed by atoms with Crippen molar-refractivity contribution in [1.29, 1.82) is 0 Å². The molecule has 108 valence electrons. The van der Waals surface area contributed by atoms with Crippen LogP contribution in [-0.2, 0) is 0 Å². The van der Waals surface area contributed by atoms with Crippen molar-refractivity contribution in [2.75, 3.05) is 0 Å². The number of nitrogens with two attached hydrogens (primary N) is 1. The van der Waals surface area contributed by atoms with Crippen LogP contribution in [0.2, 0.25) is 0 Å². The molecule has 0 aliphatic rings. The van der Waals surface area contributed by atoms with Crippen molar-refractivity contribution in [3.63, 3.8) is 0 Å². The van der Waals surface area contributed by atoms with E-state index in [9.17, 15) is 13.2 Å². The van der Waals surface area contributed by atoms with Crippen LogP contribution in [0, 0.1) is 5.92 Å². The van der Waals surface area contributed by atoms with Crippen LogP contribution < -0.4 is 10.5 Å². The highest BCUT2D eigenvalue weighted by Crippen LogP contribution is 2.30. The van der Waals surface area contributed by atoms with Gasteiger partial charge < -0.3 is 10.5 Å². The molecule has 1 aromatic rings. The minimum atomic E-state index is -4.69. The molecular weight excluding hydrogens is 323 g/mol. The van der Waals surface area contributed by atoms with Crippen molar-refractivity contribution in [3.8, 4) is 5.75 Å². The minimum absolute atomic E-state index is 0.253. The van der Waals surface area contributed by atoms with Crippen LogP contribution in [0.4, 0.5) is 13.2 Å². The third kappa shape index (κ3) is 6.29. The Bertz CT molecular complexity index is 421. The highest BCUT2D eigenvalue weighted by Gasteiger charge is 2.31. The SMILES string of the molecule is CC(C)CC[C@H](N)c1cc(Br)cc(OC(F)(F)F)c1. The lowest BCUT2D eigenvalue weighted by atomic mass is 9.98. The van der Waals surface area contributed by atoms with Crippen molar-refractivity contribution in [2.45, 2.75) is 39.1 Å². The molecule has 0 aliphatic heterocycles. The molecule has 0 spiro atoms. The Morgan fingerprint density at radius 3 is 2.37 bits per heavy atom. The summed E-state index contributed by atoms with van der Waals surface area (Å²) in [6, 6.07) is 4.03. The van der Waals surface area contributed by atoms with Gasteiger partial charge in [-0.2, -0.15) is 0 Å². The van der Waals surface area contributed by atoms with Gasteiger partial charge in [-0.3, -0.25) is 0 Å². The predicted octanol–water partition coefficient (Wildman–Crippen LogP) is 4.78. The molecular formula is C13H17BrF3NO. The Morgan fingerprint density at radius 1 is 1.21 bits per heavy atom. The number of hydrogen-bond acceptors (Lipinski definition) is 2. The van der Waals surface area contributed by atoms with Gasteiger partial charge in [0.05, 0.1) is 0 Å². The summed E-state index contributed by atoms with van der Waals surface area (Å²) in [5.74, 6) is 0.251. The van der Waals surface area contributed by atoms with Crippen LogP contribution in [0.3, 0.4) is 0 Å². The van der Waals surface area contributed by atoms with Crippen molar-refractivity contribution < 1.29 is 17.9 Å². The van der Waals surface area contributed by atoms with E-state index in [4.69, 9.17) is 5.73 Å². The van der Waals surface area contributed by atoms with E-state index in [1.165, 1.54) is 12.1 Å². The van der Waals surface area contributed by atoms with Gasteiger partial charge in [-0.15, -0.1) is 13.2 Å². The lowest BCUT2D eigenvalue weighted by Gasteiger charge is -2.16. The van der Waals surface area contributed by atoms with E-state index in [2.05, 4.69) is 34.5 Å². The molecule has 0 unspecified atom stereocenters. The number of ether oxygens (including phenoxy) is 1. The fourth-order valence-corrected chi connectivity index (χ4v) is 2.16. The second kappa shape index (κ2) is 6.61. The van der Waals surface area contributed by atoms with Gasteiger partial charge in [-0.25, -0.2) is 0 Å². The summed E-state index contributed by atoms with van der Waals surface area (Å²) in [6.45, 7) is 4.15. The number of rotatable bonds is 5. The Labute approximate surface area is 119 Å². The summed E-state index contributed by atoms with van der Waals surface area (Å²) in [4.78, 5) is 0. The molecule has 1 rings (SSSR count). The highest BCUT2D eigenvalue weighted by atomic mass is 79.9. The van der Waals surface area contributed by atoms with Crippen molar-refractivity contribution in [1.82, 2.24) is 0 Å². The van der Waals surface area contributed by atoms with Crippen molar-refractivity contribution >= 4 is 15.9 Å². The van der Waals surface area contributed by atoms with Gasteiger partial charge in [0.25, 0.3) is 0 Å². The average molecular weight is 340 g/mol. The van der Waals surface area contributed by atoms with Gasteiger partial charge in [0, 0.05) is 10.5 Å². The fraction of sp³-hybridized carbons (Fsp3) is 0.538. The third-order valence-electron chi connectivity index (χ3n) is 2.61. The lowest BCUT2D eigenvalue weighted by molar-refractivity contribution is -0.274. The van der Waals surface area contributed by atoms with Crippen LogP contribution in [0.25, 0.3) is 0 Å². The largest absolute Gasteiger partial charge is 0.573 e. The zero-order valence-corrected chi connectivity index (χ0v) is 12.4. The molecule has 6 heteroatoms. The zero-order valence-electron chi connectivity index (χ0n) is 10.8. The number of hydrogen-bond donors (Lipinski definition) is 1. The maximum absolute atomic E-state index is 12.2. The molecule has 0 heterocycles. The smallest absolute Gasteiger partial charge is 0.406 e. The molecule has 1 aromatic carbocycles. The Hall–Kier alpha value is -0.750. The minimum Gasteiger partial charge on any atom is -0.406 e. The van der Waals surface area contributed by atoms with Crippen LogP contribution in [0.1, 0.15) is 38.3 Å². The molecule has 0 aliphatic carbocycles. The van der Waals surface area contributed by atoms with E-state index in [1.54, 1.807) is 6.07 Å². The predicted molar refractivity (Wildman–Crippen MR) is 71.8 cm³/mol. The molecule has 0 aromatic heterocycles. The molecule has 1 atom stereocenters. The molecule has 2 nitrogen and oxygen atoms in total. The van der Waals surface area contributed by atoms with E-state index in [0.717, 1.165) is 12.8 Å². The molecule has 0 fully saturated rings. The molecule has 0 saturated heterocycles. The lowest BCUT2D eigenvalue weighted by Crippen LogP contribution is -2.18. The van der Waals surface area contributed by atoms with Gasteiger partial charge in [0.15, 0.2) is 0 Å². The van der Waals surface area contributed by atoms with Crippen LogP contribution in [0.5, 0.6) is 5.75 Å². The van der Waals surface area contributed by atoms with Crippen molar-refractivity contribution in [3.05, 3.63) is 28.2 Å². The van der Waals surface area contributed by atoms with Crippen LogP contribution in [0.15, 0.2) is 22.7 Å². The summed E-state index contributed by atoms with van der Waals surface area (Å²) < 4.78 is 41.0. The maximum atomic E-state index is 12.2. The molecule has 2 N–H and O–H groups in total. The number of benzene rings is 1. The Balaban J connectivity index is 2.84. The molecule has 0 saturated carbocycles. The maximum Gasteiger partial charge on any atom is 0.573 e. The first-order valence-electron chi connectivity index (χ1n) is 5.99. The van der Waals surface area contributed by atoms with Gasteiger partial charge in [-0.1, -0.05) is 29.8 Å². The van der Waals surface area contributed by atoms with Gasteiger partial charge >= 0.3 is 6.36 Å². The quantitative estimate of drug-likeness (QED) is 0.837. The van der Waals surface area contributed by atoms with E-state index < -0.39 is 6.36 Å². The summed E-state index contributed by atoms with van der Waals surface area (Å²) in [7, 11) is 0. The van der Waals surface area contributed by atoms with E-state index in [1.807, 2.05) is 0 Å². The Morgan fingerprint density at radius 2 is 1.84 bits per heavy atom. The monoisotopic (exact) mass is 339 g/mol. The van der Waals surface area contributed by atoms with E-state index in [0.29, 0.717) is 16.0 Å². The standard InChI is InChI=1S/C13H17BrF3NO/c1-8(2)3-4-12(18)9-5-10(14)7-11(6-9)19-13(15,16)17/h5-8,12H,3-4,18H2,1-2H3/t12-/m0/s1. The fourth-order valence-electron chi connectivity index (χ4n) is 1.67. The summed E-state index contributed by atoms with van der Waals surface area (Å²) in [6.07, 6.45) is -3.05. The highest BCUT2D eigenvalue weighted by molar-refractivity contribution is 9.10. The normalized spacial score (nSPS) is 13.7. The summed E-state index contributed by atoms with van der Waals surface area (Å²) in [5.41, 5.74) is 6.62. The van der Waals surface area contributed by atoms with Crippen LogP contribution in [-0.4, -0.2) is 6.36 Å². The molecule has 19 heavy (non-hydrogen) atoms. The van der Waals surface area contributed by atoms with Crippen molar-refractivity contribution in [2.24, 2.45) is 11.7 Å². The topological polar surface area (TPSA) is 35.2 Å². The summed E-state index contributed by atoms with van der Waals surface area (Å²) >= 11 is 3.17. The number of alkyl halides is 3. The van der Waals surface area contributed by atoms with Gasteiger partial charge in [0.1, 0.15) is 5.75 Å². The number of halogens is 4. The zero-order chi connectivity index (χ0) is 14.6. The summed E-state index contributed by atoms with van der Waals surface area (Å²) in [5, 5.41) is 0. The first-order valence-corrected chi connectivity index (χ1v) is 6.78. The van der Waals surface area contributed by atoms with Crippen LogP contribution >= 0.6 is 15.9 Å². The molecule has 0 bridgehead atoms. The second-order valence-electron chi connectivity index (χ2n) is 4.85. The van der Waals surface area contributed by atoms with Gasteiger partial charge in [0.2, 0.25) is 0 Å². The first kappa shape index (κ1) is 16.3. The van der Waals surface area contributed by atoms with E-state index in [-0.39, 0.29) is 11.8 Å².